The van der Waals surface area contributed by atoms with E-state index in [1.807, 2.05) is 31.2 Å². The molecule has 2 N–H and O–H groups in total. The molecule has 0 fully saturated rings. The van der Waals surface area contributed by atoms with E-state index in [9.17, 15) is 0 Å². The molecule has 0 amide bonds. The Morgan fingerprint density at radius 2 is 1.89 bits per heavy atom. The number of nitrogens with zero attached hydrogens (tertiary/aromatic N) is 2. The zero-order valence-electron chi connectivity index (χ0n) is 10.1. The molecule has 0 atom stereocenters. The number of rotatable bonds is 4. The average molecular weight is 308 g/mol. The lowest BCUT2D eigenvalue weighted by Gasteiger charge is -2.05. The van der Waals surface area contributed by atoms with Gasteiger partial charge in [0.05, 0.1) is 6.61 Å². The Morgan fingerprint density at radius 1 is 1.17 bits per heavy atom. The first-order chi connectivity index (χ1) is 8.63. The van der Waals surface area contributed by atoms with Crippen LogP contribution in [0.4, 0.5) is 5.82 Å². The number of hydrogen-bond donors (Lipinski definition) is 1. The van der Waals surface area contributed by atoms with Crippen molar-refractivity contribution in [1.29, 1.82) is 0 Å². The van der Waals surface area contributed by atoms with E-state index in [-0.39, 0.29) is 0 Å². The largest absolute Gasteiger partial charge is 0.384 e. The number of nitrogens with two attached hydrogens (primary N) is 1. The topological polar surface area (TPSA) is 61.0 Å². The van der Waals surface area contributed by atoms with E-state index in [1.54, 1.807) is 6.07 Å². The summed E-state index contributed by atoms with van der Waals surface area (Å²) in [5.41, 5.74) is 7.61. The second kappa shape index (κ2) is 5.93. The van der Waals surface area contributed by atoms with Gasteiger partial charge in [-0.25, -0.2) is 9.97 Å². The molecule has 0 aliphatic rings. The Balaban J connectivity index is 1.90. The fourth-order valence-corrected chi connectivity index (χ4v) is 1.83. The number of halogens is 1. The number of aromatic nitrogens is 2. The zero-order chi connectivity index (χ0) is 13.0. The van der Waals surface area contributed by atoms with Crippen LogP contribution in [0, 0.1) is 6.92 Å². The Kier molecular flexibility index (Phi) is 4.28. The molecule has 0 saturated carbocycles. The van der Waals surface area contributed by atoms with Gasteiger partial charge in [-0.15, -0.1) is 0 Å². The fourth-order valence-electron chi connectivity index (χ4n) is 1.56. The van der Waals surface area contributed by atoms with E-state index in [2.05, 4.69) is 25.9 Å². The summed E-state index contributed by atoms with van der Waals surface area (Å²) < 4.78 is 6.62. The highest BCUT2D eigenvalue weighted by Gasteiger charge is 2.01. The standard InChI is InChI=1S/C13H14BrN3O/c1-9-6-12(15)17-13(16-9)8-18-7-10-2-4-11(14)5-3-10/h2-6H,7-8H2,1H3,(H2,15,16,17). The molecule has 2 rings (SSSR count). The normalized spacial score (nSPS) is 10.6. The smallest absolute Gasteiger partial charge is 0.156 e. The summed E-state index contributed by atoms with van der Waals surface area (Å²) in [6, 6.07) is 9.73. The van der Waals surface area contributed by atoms with Crippen LogP contribution in [0.2, 0.25) is 0 Å². The molecule has 0 aliphatic heterocycles. The molecule has 0 spiro atoms. The van der Waals surface area contributed by atoms with Crippen LogP contribution in [-0.2, 0) is 18.0 Å². The molecule has 18 heavy (non-hydrogen) atoms. The van der Waals surface area contributed by atoms with Crippen molar-refractivity contribution < 1.29 is 4.74 Å². The lowest BCUT2D eigenvalue weighted by molar-refractivity contribution is 0.102. The average Bonchev–Trinajstić information content (AvgIpc) is 2.30. The van der Waals surface area contributed by atoms with Gasteiger partial charge in [0.1, 0.15) is 12.4 Å². The highest BCUT2D eigenvalue weighted by Crippen LogP contribution is 2.11. The predicted octanol–water partition coefficient (Wildman–Crippen LogP) is 2.85. The van der Waals surface area contributed by atoms with Gasteiger partial charge in [-0.05, 0) is 24.6 Å². The van der Waals surface area contributed by atoms with Crippen molar-refractivity contribution in [3.63, 3.8) is 0 Å². The molecule has 0 saturated heterocycles. The first kappa shape index (κ1) is 13.0. The number of aryl methyl sites for hydroxylation is 1. The number of hydrogen-bond acceptors (Lipinski definition) is 4. The van der Waals surface area contributed by atoms with E-state index in [0.29, 0.717) is 24.9 Å². The van der Waals surface area contributed by atoms with Crippen LogP contribution in [0.1, 0.15) is 17.1 Å². The minimum Gasteiger partial charge on any atom is -0.384 e. The molecule has 0 unspecified atom stereocenters. The quantitative estimate of drug-likeness (QED) is 0.943. The van der Waals surface area contributed by atoms with Gasteiger partial charge < -0.3 is 10.5 Å². The number of anilines is 1. The lowest BCUT2D eigenvalue weighted by atomic mass is 10.2. The minimum absolute atomic E-state index is 0.363. The van der Waals surface area contributed by atoms with E-state index in [1.165, 1.54) is 0 Å². The maximum absolute atomic E-state index is 5.65. The van der Waals surface area contributed by atoms with Crippen molar-refractivity contribution in [2.45, 2.75) is 20.1 Å². The third kappa shape index (κ3) is 3.78. The molecular formula is C13H14BrN3O. The molecule has 1 heterocycles. The third-order valence-corrected chi connectivity index (χ3v) is 2.86. The van der Waals surface area contributed by atoms with Gasteiger partial charge in [0.25, 0.3) is 0 Å². The van der Waals surface area contributed by atoms with Crippen molar-refractivity contribution in [1.82, 2.24) is 9.97 Å². The molecule has 1 aromatic carbocycles. The van der Waals surface area contributed by atoms with Crippen molar-refractivity contribution in [3.05, 3.63) is 51.9 Å². The van der Waals surface area contributed by atoms with Gasteiger partial charge in [0, 0.05) is 16.2 Å². The summed E-state index contributed by atoms with van der Waals surface area (Å²) in [5.74, 6) is 1.09. The highest BCUT2D eigenvalue weighted by molar-refractivity contribution is 9.10. The molecule has 0 radical (unpaired) electrons. The Hall–Kier alpha value is -1.46. The fraction of sp³-hybridized carbons (Fsp3) is 0.231. The van der Waals surface area contributed by atoms with Gasteiger partial charge in [-0.2, -0.15) is 0 Å². The minimum atomic E-state index is 0.363. The molecule has 2 aromatic rings. The van der Waals surface area contributed by atoms with Gasteiger partial charge in [-0.1, -0.05) is 28.1 Å². The van der Waals surface area contributed by atoms with Crippen LogP contribution in [0.3, 0.4) is 0 Å². The first-order valence-corrected chi connectivity index (χ1v) is 6.35. The molecule has 0 bridgehead atoms. The predicted molar refractivity (Wildman–Crippen MR) is 73.8 cm³/mol. The van der Waals surface area contributed by atoms with Crippen molar-refractivity contribution in [2.24, 2.45) is 0 Å². The number of nitrogen functional groups attached to an aromatic ring is 1. The maximum Gasteiger partial charge on any atom is 0.156 e. The molecule has 5 heteroatoms. The number of benzene rings is 1. The number of ether oxygens (including phenoxy) is 1. The SMILES string of the molecule is Cc1cc(N)nc(COCc2ccc(Br)cc2)n1. The van der Waals surface area contributed by atoms with Gasteiger partial charge in [0.15, 0.2) is 5.82 Å². The maximum atomic E-state index is 5.65. The first-order valence-electron chi connectivity index (χ1n) is 5.56. The van der Waals surface area contributed by atoms with Gasteiger partial charge in [0.2, 0.25) is 0 Å². The Morgan fingerprint density at radius 3 is 2.56 bits per heavy atom. The second-order valence-electron chi connectivity index (χ2n) is 3.97. The third-order valence-electron chi connectivity index (χ3n) is 2.33. The molecular weight excluding hydrogens is 294 g/mol. The van der Waals surface area contributed by atoms with Gasteiger partial charge in [-0.3, -0.25) is 0 Å². The Bertz CT molecular complexity index is 508. The molecule has 4 nitrogen and oxygen atoms in total. The zero-order valence-corrected chi connectivity index (χ0v) is 11.6. The van der Waals surface area contributed by atoms with Crippen molar-refractivity contribution >= 4 is 21.7 Å². The summed E-state index contributed by atoms with van der Waals surface area (Å²) in [4.78, 5) is 8.37. The summed E-state index contributed by atoms with van der Waals surface area (Å²) >= 11 is 3.39. The highest BCUT2D eigenvalue weighted by atomic mass is 79.9. The van der Waals surface area contributed by atoms with Crippen LogP contribution >= 0.6 is 15.9 Å². The Labute approximate surface area is 114 Å². The van der Waals surface area contributed by atoms with Crippen LogP contribution in [0.15, 0.2) is 34.8 Å². The van der Waals surface area contributed by atoms with Crippen LogP contribution in [0.25, 0.3) is 0 Å². The summed E-state index contributed by atoms with van der Waals surface area (Å²) in [6.45, 7) is 2.78. The summed E-state index contributed by atoms with van der Waals surface area (Å²) in [6.07, 6.45) is 0. The molecule has 94 valence electrons. The lowest BCUT2D eigenvalue weighted by Crippen LogP contribution is -2.03. The van der Waals surface area contributed by atoms with Crippen LogP contribution in [0.5, 0.6) is 0 Å². The monoisotopic (exact) mass is 307 g/mol. The van der Waals surface area contributed by atoms with E-state index in [4.69, 9.17) is 10.5 Å². The van der Waals surface area contributed by atoms with E-state index in [0.717, 1.165) is 15.7 Å². The van der Waals surface area contributed by atoms with Gasteiger partial charge >= 0.3 is 0 Å². The van der Waals surface area contributed by atoms with E-state index < -0.39 is 0 Å². The van der Waals surface area contributed by atoms with Crippen LogP contribution < -0.4 is 5.73 Å². The second-order valence-corrected chi connectivity index (χ2v) is 4.89. The van der Waals surface area contributed by atoms with E-state index >= 15 is 0 Å². The summed E-state index contributed by atoms with van der Waals surface area (Å²) in [7, 11) is 0. The molecule has 1 aromatic heterocycles. The molecule has 0 aliphatic carbocycles. The van der Waals surface area contributed by atoms with Crippen LogP contribution in [-0.4, -0.2) is 9.97 Å². The van der Waals surface area contributed by atoms with Crippen molar-refractivity contribution in [3.8, 4) is 0 Å². The summed E-state index contributed by atoms with van der Waals surface area (Å²) in [5, 5.41) is 0. The van der Waals surface area contributed by atoms with Crippen molar-refractivity contribution in [2.75, 3.05) is 5.73 Å².